The maximum absolute atomic E-state index is 13.2. The Morgan fingerprint density at radius 1 is 1.04 bits per heavy atom. The Morgan fingerprint density at radius 3 is 2.39 bits per heavy atom. The van der Waals surface area contributed by atoms with Crippen molar-refractivity contribution in [1.82, 2.24) is 4.90 Å². The smallest absolute Gasteiger partial charge is 0.290 e. The van der Waals surface area contributed by atoms with Crippen LogP contribution in [0.15, 0.2) is 88.7 Å². The second kappa shape index (κ2) is 7.15. The number of carbonyl (C=O) groups excluding carboxylic acids is 2. The molecular formula is C22H16FNO4. The van der Waals surface area contributed by atoms with E-state index < -0.39 is 23.5 Å². The van der Waals surface area contributed by atoms with Gasteiger partial charge in [0.1, 0.15) is 5.82 Å². The van der Waals surface area contributed by atoms with Gasteiger partial charge in [0.25, 0.3) is 5.91 Å². The number of halogens is 1. The fraction of sp³-hybridized carbons (Fsp3) is 0.0909. The number of carbonyl (C=O) groups is 2. The second-order valence-electron chi connectivity index (χ2n) is 6.44. The van der Waals surface area contributed by atoms with Crippen molar-refractivity contribution < 1.29 is 23.5 Å². The zero-order valence-corrected chi connectivity index (χ0v) is 14.7. The molecule has 4 rings (SSSR count). The first-order valence-corrected chi connectivity index (χ1v) is 8.68. The van der Waals surface area contributed by atoms with Gasteiger partial charge in [0, 0.05) is 6.54 Å². The van der Waals surface area contributed by atoms with E-state index in [0.717, 1.165) is 0 Å². The highest BCUT2D eigenvalue weighted by Gasteiger charge is 2.44. The van der Waals surface area contributed by atoms with E-state index in [4.69, 9.17) is 4.42 Å². The highest BCUT2D eigenvalue weighted by molar-refractivity contribution is 6.14. The zero-order valence-electron chi connectivity index (χ0n) is 14.7. The first kappa shape index (κ1) is 17.7. The second-order valence-corrected chi connectivity index (χ2v) is 6.44. The molecule has 0 saturated heterocycles. The van der Waals surface area contributed by atoms with Gasteiger partial charge < -0.3 is 14.4 Å². The quantitative estimate of drug-likeness (QED) is 0.677. The molecule has 140 valence electrons. The Bertz CT molecular complexity index is 1040. The van der Waals surface area contributed by atoms with E-state index in [9.17, 15) is 19.1 Å². The first-order valence-electron chi connectivity index (χ1n) is 8.68. The number of aliphatic hydroxyl groups is 1. The van der Waals surface area contributed by atoms with E-state index in [-0.39, 0.29) is 23.7 Å². The summed E-state index contributed by atoms with van der Waals surface area (Å²) >= 11 is 0. The van der Waals surface area contributed by atoms with Crippen molar-refractivity contribution in [3.63, 3.8) is 0 Å². The highest BCUT2D eigenvalue weighted by atomic mass is 19.1. The topological polar surface area (TPSA) is 70.8 Å². The summed E-state index contributed by atoms with van der Waals surface area (Å²) in [6.07, 6.45) is 1.36. The fourth-order valence-electron chi connectivity index (χ4n) is 3.36. The van der Waals surface area contributed by atoms with Crippen molar-refractivity contribution in [2.24, 2.45) is 0 Å². The molecule has 1 amide bonds. The molecule has 1 atom stereocenters. The number of hydrogen-bond acceptors (Lipinski definition) is 4. The molecule has 28 heavy (non-hydrogen) atoms. The summed E-state index contributed by atoms with van der Waals surface area (Å²) in [6, 6.07) is 17.0. The maximum atomic E-state index is 13.2. The summed E-state index contributed by atoms with van der Waals surface area (Å²) in [5.74, 6) is -2.15. The van der Waals surface area contributed by atoms with Gasteiger partial charge in [-0.05, 0) is 35.4 Å². The highest BCUT2D eigenvalue weighted by Crippen LogP contribution is 2.39. The summed E-state index contributed by atoms with van der Waals surface area (Å²) in [4.78, 5) is 27.2. The normalized spacial score (nSPS) is 16.7. The number of furan rings is 1. The number of nitrogens with zero attached hydrogens (tertiary/aromatic N) is 1. The lowest BCUT2D eigenvalue weighted by Crippen LogP contribution is -2.30. The van der Waals surface area contributed by atoms with Gasteiger partial charge in [-0.1, -0.05) is 42.5 Å². The monoisotopic (exact) mass is 377 g/mol. The molecule has 2 aromatic carbocycles. The number of Topliss-reactive ketones (excluding diaryl/α,β-unsaturated/α-hetero) is 1. The summed E-state index contributed by atoms with van der Waals surface area (Å²) < 4.78 is 18.4. The van der Waals surface area contributed by atoms with Crippen molar-refractivity contribution in [2.75, 3.05) is 0 Å². The molecule has 1 unspecified atom stereocenters. The van der Waals surface area contributed by atoms with Crippen molar-refractivity contribution in [1.29, 1.82) is 0 Å². The molecule has 0 aliphatic carbocycles. The predicted octanol–water partition coefficient (Wildman–Crippen LogP) is 4.20. The Balaban J connectivity index is 1.77. The number of aliphatic hydroxyl groups excluding tert-OH is 1. The predicted molar refractivity (Wildman–Crippen MR) is 98.8 cm³/mol. The average molecular weight is 377 g/mol. The molecule has 0 radical (unpaired) electrons. The van der Waals surface area contributed by atoms with Gasteiger partial charge in [-0.25, -0.2) is 4.39 Å². The average Bonchev–Trinajstić information content (AvgIpc) is 3.33. The molecule has 1 aliphatic heterocycles. The van der Waals surface area contributed by atoms with E-state index in [2.05, 4.69) is 0 Å². The van der Waals surface area contributed by atoms with E-state index in [1.165, 1.54) is 29.4 Å². The van der Waals surface area contributed by atoms with Crippen molar-refractivity contribution in [3.05, 3.63) is 107 Å². The van der Waals surface area contributed by atoms with Crippen LogP contribution >= 0.6 is 0 Å². The number of ketones is 1. The molecule has 0 spiro atoms. The third-order valence-corrected chi connectivity index (χ3v) is 4.67. The van der Waals surface area contributed by atoms with Crippen molar-refractivity contribution >= 4 is 11.7 Å². The van der Waals surface area contributed by atoms with Crippen LogP contribution in [0, 0.1) is 5.82 Å². The van der Waals surface area contributed by atoms with E-state index in [1.54, 1.807) is 42.5 Å². The molecule has 2 heterocycles. The third-order valence-electron chi connectivity index (χ3n) is 4.67. The molecular weight excluding hydrogens is 361 g/mol. The van der Waals surface area contributed by atoms with Gasteiger partial charge in [0.05, 0.1) is 17.9 Å². The van der Waals surface area contributed by atoms with Crippen LogP contribution in [0.2, 0.25) is 0 Å². The van der Waals surface area contributed by atoms with Crippen LogP contribution in [0.1, 0.15) is 27.7 Å². The third kappa shape index (κ3) is 3.09. The Kier molecular flexibility index (Phi) is 4.53. The lowest BCUT2D eigenvalue weighted by Gasteiger charge is -2.26. The van der Waals surface area contributed by atoms with Gasteiger partial charge in [-0.2, -0.15) is 0 Å². The SMILES string of the molecule is O=C(C1=C(O)C(=O)N(Cc2ccc(F)cc2)C1c1ccccc1)c1ccco1. The largest absolute Gasteiger partial charge is 0.503 e. The maximum Gasteiger partial charge on any atom is 0.290 e. The molecule has 0 saturated carbocycles. The molecule has 1 N–H and O–H groups in total. The Labute approximate surface area is 160 Å². The van der Waals surface area contributed by atoms with Crippen LogP contribution in [0.25, 0.3) is 0 Å². The van der Waals surface area contributed by atoms with Crippen LogP contribution < -0.4 is 0 Å². The van der Waals surface area contributed by atoms with Crippen LogP contribution in [0.5, 0.6) is 0 Å². The van der Waals surface area contributed by atoms with Crippen LogP contribution in [-0.2, 0) is 11.3 Å². The number of rotatable bonds is 5. The lowest BCUT2D eigenvalue weighted by atomic mass is 9.95. The molecule has 0 fully saturated rings. The molecule has 6 heteroatoms. The minimum Gasteiger partial charge on any atom is -0.503 e. The number of benzene rings is 2. The van der Waals surface area contributed by atoms with Gasteiger partial charge >= 0.3 is 0 Å². The Morgan fingerprint density at radius 2 is 1.75 bits per heavy atom. The van der Waals surface area contributed by atoms with Gasteiger partial charge in [0.15, 0.2) is 11.5 Å². The first-order chi connectivity index (χ1) is 13.6. The van der Waals surface area contributed by atoms with E-state index >= 15 is 0 Å². The molecule has 5 nitrogen and oxygen atoms in total. The number of amides is 1. The summed E-state index contributed by atoms with van der Waals surface area (Å²) in [5, 5.41) is 10.5. The van der Waals surface area contributed by atoms with Crippen molar-refractivity contribution in [2.45, 2.75) is 12.6 Å². The van der Waals surface area contributed by atoms with Crippen molar-refractivity contribution in [3.8, 4) is 0 Å². The number of hydrogen-bond donors (Lipinski definition) is 1. The minimum absolute atomic E-state index is 0.0340. The minimum atomic E-state index is -0.781. The van der Waals surface area contributed by atoms with Gasteiger partial charge in [-0.15, -0.1) is 0 Å². The summed E-state index contributed by atoms with van der Waals surface area (Å²) in [5.41, 5.74) is 1.32. The summed E-state index contributed by atoms with van der Waals surface area (Å²) in [7, 11) is 0. The molecule has 1 aliphatic rings. The Hall–Kier alpha value is -3.67. The standard InChI is InChI=1S/C22H16FNO4/c23-16-10-8-14(9-11-16)13-24-19(15-5-2-1-3-6-15)18(21(26)22(24)27)20(25)17-7-4-12-28-17/h1-12,19,26H,13H2. The van der Waals surface area contributed by atoms with Crippen LogP contribution in [-0.4, -0.2) is 21.7 Å². The summed E-state index contributed by atoms with van der Waals surface area (Å²) in [6.45, 7) is 0.109. The molecule has 0 bridgehead atoms. The van der Waals surface area contributed by atoms with Crippen LogP contribution in [0.4, 0.5) is 4.39 Å². The van der Waals surface area contributed by atoms with E-state index in [0.29, 0.717) is 11.1 Å². The zero-order chi connectivity index (χ0) is 19.7. The van der Waals surface area contributed by atoms with Gasteiger partial charge in [-0.3, -0.25) is 9.59 Å². The fourth-order valence-corrected chi connectivity index (χ4v) is 3.36. The molecule has 3 aromatic rings. The lowest BCUT2D eigenvalue weighted by molar-refractivity contribution is -0.130. The van der Waals surface area contributed by atoms with Gasteiger partial charge in [0.2, 0.25) is 5.78 Å². The molecule has 1 aromatic heterocycles. The van der Waals surface area contributed by atoms with Crippen LogP contribution in [0.3, 0.4) is 0 Å². The van der Waals surface area contributed by atoms with E-state index in [1.807, 2.05) is 6.07 Å².